The molecule has 1 fully saturated rings. The van der Waals surface area contributed by atoms with Crippen molar-refractivity contribution in [1.82, 2.24) is 20.9 Å². The summed E-state index contributed by atoms with van der Waals surface area (Å²) in [6.45, 7) is 10.6. The number of hydrogen-bond acceptors (Lipinski definition) is 5. The highest BCUT2D eigenvalue weighted by molar-refractivity contribution is 5.93. The fourth-order valence-electron chi connectivity index (χ4n) is 5.20. The van der Waals surface area contributed by atoms with E-state index < -0.39 is 24.1 Å². The summed E-state index contributed by atoms with van der Waals surface area (Å²) in [7, 11) is 0. The van der Waals surface area contributed by atoms with Crippen LogP contribution in [0.2, 0.25) is 0 Å². The number of rotatable bonds is 14. The summed E-state index contributed by atoms with van der Waals surface area (Å²) in [6, 6.07) is 12.5. The second-order valence-corrected chi connectivity index (χ2v) is 11.1. The van der Waals surface area contributed by atoms with E-state index in [0.29, 0.717) is 31.7 Å². The first-order chi connectivity index (χ1) is 18.7. The number of nitrogens with zero attached hydrogens (tertiary/aromatic N) is 1. The third kappa shape index (κ3) is 8.77. The molecule has 39 heavy (non-hydrogen) atoms. The van der Waals surface area contributed by atoms with Gasteiger partial charge >= 0.3 is 0 Å². The second-order valence-electron chi connectivity index (χ2n) is 11.1. The van der Waals surface area contributed by atoms with Crippen LogP contribution in [0.1, 0.15) is 58.9 Å². The lowest BCUT2D eigenvalue weighted by atomic mass is 10.00. The van der Waals surface area contributed by atoms with Gasteiger partial charge in [0.1, 0.15) is 12.1 Å². The van der Waals surface area contributed by atoms with E-state index in [1.54, 1.807) is 0 Å². The number of nitrogens with one attached hydrogen (secondary N) is 3. The molecule has 1 unspecified atom stereocenters. The van der Waals surface area contributed by atoms with Crippen molar-refractivity contribution < 1.29 is 19.5 Å². The molecule has 8 nitrogen and oxygen atoms in total. The van der Waals surface area contributed by atoms with Crippen LogP contribution in [0.3, 0.4) is 0 Å². The molecule has 2 aromatic rings. The molecule has 0 saturated carbocycles. The summed E-state index contributed by atoms with van der Waals surface area (Å²) in [5.74, 6) is -0.387. The van der Waals surface area contributed by atoms with E-state index in [4.69, 9.17) is 0 Å². The van der Waals surface area contributed by atoms with Crippen LogP contribution in [0.15, 0.2) is 42.5 Å². The van der Waals surface area contributed by atoms with E-state index >= 15 is 0 Å². The average Bonchev–Trinajstić information content (AvgIpc) is 3.32. The number of carbonyl (C=O) groups excluding carboxylic acids is 3. The van der Waals surface area contributed by atoms with Crippen LogP contribution in [0.4, 0.5) is 0 Å². The molecule has 3 amide bonds. The maximum absolute atomic E-state index is 13.5. The fraction of sp³-hybridized carbons (Fsp3) is 0.581. The van der Waals surface area contributed by atoms with Gasteiger partial charge in [-0.3, -0.25) is 14.4 Å². The van der Waals surface area contributed by atoms with Crippen molar-refractivity contribution in [2.45, 2.75) is 78.0 Å². The van der Waals surface area contributed by atoms with E-state index in [0.717, 1.165) is 35.8 Å². The summed E-state index contributed by atoms with van der Waals surface area (Å²) in [4.78, 5) is 41.4. The Kier molecular flexibility index (Phi) is 11.7. The first kappa shape index (κ1) is 30.6. The number of likely N-dealkylation sites (tertiary alicyclic amines) is 1. The van der Waals surface area contributed by atoms with Crippen molar-refractivity contribution >= 4 is 28.5 Å². The fourth-order valence-corrected chi connectivity index (χ4v) is 5.20. The Morgan fingerprint density at radius 2 is 1.74 bits per heavy atom. The first-order valence-electron chi connectivity index (χ1n) is 14.5. The number of fused-ring (bicyclic) bond motifs is 1. The summed E-state index contributed by atoms with van der Waals surface area (Å²) >= 11 is 0. The van der Waals surface area contributed by atoms with Crippen LogP contribution in [-0.2, 0) is 20.8 Å². The molecule has 0 radical (unpaired) electrons. The summed E-state index contributed by atoms with van der Waals surface area (Å²) in [5, 5.41) is 21.8. The molecule has 214 valence electrons. The molecule has 0 aliphatic carbocycles. The van der Waals surface area contributed by atoms with Crippen LogP contribution in [0, 0.1) is 11.8 Å². The molecule has 1 aliphatic rings. The first-order valence-corrected chi connectivity index (χ1v) is 14.5. The lowest BCUT2D eigenvalue weighted by molar-refractivity contribution is -0.142. The zero-order valence-electron chi connectivity index (χ0n) is 23.9. The second kappa shape index (κ2) is 15.0. The zero-order chi connectivity index (χ0) is 28.4. The Morgan fingerprint density at radius 3 is 2.44 bits per heavy atom. The molecule has 4 N–H and O–H groups in total. The highest BCUT2D eigenvalue weighted by Gasteiger charge is 2.41. The van der Waals surface area contributed by atoms with Crippen molar-refractivity contribution in [3.05, 3.63) is 48.0 Å². The molecular weight excluding hydrogens is 492 g/mol. The molecule has 8 heteroatoms. The Morgan fingerprint density at radius 1 is 1.03 bits per heavy atom. The lowest BCUT2D eigenvalue weighted by Crippen LogP contribution is -2.54. The van der Waals surface area contributed by atoms with Crippen molar-refractivity contribution in [2.75, 3.05) is 26.2 Å². The Labute approximate surface area is 232 Å². The van der Waals surface area contributed by atoms with E-state index in [1.165, 1.54) is 4.90 Å². The van der Waals surface area contributed by atoms with Gasteiger partial charge in [0, 0.05) is 31.8 Å². The molecule has 3 atom stereocenters. The molecule has 1 aliphatic heterocycles. The monoisotopic (exact) mass is 538 g/mol. The maximum atomic E-state index is 13.5. The SMILES string of the molecule is CCC(CC)C(=O)N1C[C@H](O)CC1C(=O)N[C@H](Cc1ccc2ccccc2c1)C(=O)NCCCNCC(C)C. The molecule has 1 heterocycles. The highest BCUT2D eigenvalue weighted by atomic mass is 16.3. The van der Waals surface area contributed by atoms with Crippen LogP contribution >= 0.6 is 0 Å². The number of aliphatic hydroxyl groups excluding tert-OH is 1. The van der Waals surface area contributed by atoms with Gasteiger partial charge in [-0.1, -0.05) is 70.2 Å². The van der Waals surface area contributed by atoms with Gasteiger partial charge in [0.2, 0.25) is 17.7 Å². The van der Waals surface area contributed by atoms with E-state index in [-0.39, 0.29) is 30.7 Å². The number of aliphatic hydroxyl groups is 1. The minimum Gasteiger partial charge on any atom is -0.391 e. The van der Waals surface area contributed by atoms with Gasteiger partial charge in [-0.2, -0.15) is 0 Å². The van der Waals surface area contributed by atoms with Gasteiger partial charge in [-0.15, -0.1) is 0 Å². The zero-order valence-corrected chi connectivity index (χ0v) is 23.9. The molecule has 0 aromatic heterocycles. The van der Waals surface area contributed by atoms with Gasteiger partial charge in [0.25, 0.3) is 0 Å². The Balaban J connectivity index is 1.72. The van der Waals surface area contributed by atoms with Gasteiger partial charge in [0.15, 0.2) is 0 Å². The molecule has 1 saturated heterocycles. The van der Waals surface area contributed by atoms with Gasteiger partial charge in [-0.25, -0.2) is 0 Å². The topological polar surface area (TPSA) is 111 Å². The minimum absolute atomic E-state index is 0.110. The largest absolute Gasteiger partial charge is 0.391 e. The number of benzene rings is 2. The van der Waals surface area contributed by atoms with Crippen LogP contribution in [-0.4, -0.2) is 72.1 Å². The highest BCUT2D eigenvalue weighted by Crippen LogP contribution is 2.24. The Bertz CT molecular complexity index is 1100. The average molecular weight is 539 g/mol. The summed E-state index contributed by atoms with van der Waals surface area (Å²) < 4.78 is 0. The molecule has 0 bridgehead atoms. The van der Waals surface area contributed by atoms with Crippen molar-refractivity contribution in [2.24, 2.45) is 11.8 Å². The summed E-state index contributed by atoms with van der Waals surface area (Å²) in [6.07, 6.45) is 1.87. The van der Waals surface area contributed by atoms with Crippen molar-refractivity contribution in [3.8, 4) is 0 Å². The predicted octanol–water partition coefficient (Wildman–Crippen LogP) is 3.02. The van der Waals surface area contributed by atoms with Gasteiger partial charge < -0.3 is 26.0 Å². The van der Waals surface area contributed by atoms with Crippen LogP contribution < -0.4 is 16.0 Å². The third-order valence-electron chi connectivity index (χ3n) is 7.47. The van der Waals surface area contributed by atoms with Crippen LogP contribution in [0.25, 0.3) is 10.8 Å². The number of β-amino-alcohol motifs (C(OH)–C–C–N with tert-alkyl or cyclic N) is 1. The quantitative estimate of drug-likeness (QED) is 0.277. The molecular formula is C31H46N4O4. The number of carbonyl (C=O) groups is 3. The standard InChI is InChI=1S/C31H46N4O4/c1-5-23(6-2)31(39)35-20-26(36)18-28(35)30(38)34-27(29(37)33-15-9-14-32-19-21(3)4)17-22-12-13-24-10-7-8-11-25(24)16-22/h7-8,10-13,16,21,23,26-28,32,36H,5-6,9,14-15,17-20H2,1-4H3,(H,33,37)(H,34,38)/t26-,27-,28?/m1/s1. The molecule has 2 aromatic carbocycles. The van der Waals surface area contributed by atoms with E-state index in [2.05, 4.69) is 29.8 Å². The van der Waals surface area contributed by atoms with E-state index in [9.17, 15) is 19.5 Å². The smallest absolute Gasteiger partial charge is 0.243 e. The minimum atomic E-state index is -0.801. The maximum Gasteiger partial charge on any atom is 0.243 e. The third-order valence-corrected chi connectivity index (χ3v) is 7.47. The Hall–Kier alpha value is -2.97. The number of amides is 3. The lowest BCUT2D eigenvalue weighted by Gasteiger charge is -2.28. The van der Waals surface area contributed by atoms with Gasteiger partial charge in [0.05, 0.1) is 6.10 Å². The van der Waals surface area contributed by atoms with Gasteiger partial charge in [-0.05, 0) is 54.6 Å². The number of hydrogen-bond donors (Lipinski definition) is 4. The van der Waals surface area contributed by atoms with Crippen molar-refractivity contribution in [1.29, 1.82) is 0 Å². The molecule has 3 rings (SSSR count). The van der Waals surface area contributed by atoms with E-state index in [1.807, 2.05) is 56.3 Å². The van der Waals surface area contributed by atoms with Crippen LogP contribution in [0.5, 0.6) is 0 Å². The predicted molar refractivity (Wildman–Crippen MR) is 155 cm³/mol. The van der Waals surface area contributed by atoms with Crippen molar-refractivity contribution in [3.63, 3.8) is 0 Å². The molecule has 0 spiro atoms. The summed E-state index contributed by atoms with van der Waals surface area (Å²) in [5.41, 5.74) is 0.934. The normalized spacial score (nSPS) is 18.1.